The van der Waals surface area contributed by atoms with Gasteiger partial charge in [-0.3, -0.25) is 4.79 Å². The predicted octanol–water partition coefficient (Wildman–Crippen LogP) is -1.20. The predicted molar refractivity (Wildman–Crippen MR) is 69.6 cm³/mol. The third kappa shape index (κ3) is 5.96. The highest BCUT2D eigenvalue weighted by atomic mass is 16.5. The fourth-order valence-corrected chi connectivity index (χ4v) is 1.85. The van der Waals surface area contributed by atoms with Crippen molar-refractivity contribution in [1.29, 1.82) is 0 Å². The van der Waals surface area contributed by atoms with Crippen molar-refractivity contribution in [1.82, 2.24) is 10.2 Å². The molecule has 0 bridgehead atoms. The minimum absolute atomic E-state index is 0.0469. The normalized spacial score (nSPS) is 19.7. The second kappa shape index (κ2) is 8.42. The number of ether oxygens (including phenoxy) is 2. The summed E-state index contributed by atoms with van der Waals surface area (Å²) in [7, 11) is 1.28. The van der Waals surface area contributed by atoms with Gasteiger partial charge >= 0.3 is 18.0 Å². The monoisotopic (exact) mass is 304 g/mol. The maximum absolute atomic E-state index is 11.9. The lowest BCUT2D eigenvalue weighted by Gasteiger charge is -2.32. The minimum atomic E-state index is -1.50. The van der Waals surface area contributed by atoms with Crippen LogP contribution in [0, 0.1) is 0 Å². The average molecular weight is 304 g/mol. The molecular weight excluding hydrogens is 284 g/mol. The SMILES string of the molecule is COC(=O)CC1CN(C(=O)NCC[C@H](O)C(=O)O)CCO1. The summed E-state index contributed by atoms with van der Waals surface area (Å²) < 4.78 is 9.91. The van der Waals surface area contributed by atoms with E-state index in [1.54, 1.807) is 0 Å². The van der Waals surface area contributed by atoms with Crippen LogP contribution in [0.4, 0.5) is 4.79 Å². The molecule has 1 unspecified atom stereocenters. The summed E-state index contributed by atoms with van der Waals surface area (Å²) >= 11 is 0. The van der Waals surface area contributed by atoms with E-state index in [-0.39, 0.29) is 32.0 Å². The van der Waals surface area contributed by atoms with Crippen LogP contribution in [0.2, 0.25) is 0 Å². The summed E-state index contributed by atoms with van der Waals surface area (Å²) in [5, 5.41) is 20.1. The molecule has 2 atom stereocenters. The molecule has 0 aromatic heterocycles. The molecule has 0 spiro atoms. The molecule has 1 fully saturated rings. The van der Waals surface area contributed by atoms with Crippen LogP contribution >= 0.6 is 0 Å². The number of carbonyl (C=O) groups is 3. The van der Waals surface area contributed by atoms with Crippen LogP contribution in [-0.4, -0.2) is 78.6 Å². The largest absolute Gasteiger partial charge is 0.479 e. The summed E-state index contributed by atoms with van der Waals surface area (Å²) in [6.45, 7) is 0.992. The first-order valence-corrected chi connectivity index (χ1v) is 6.56. The molecule has 120 valence electrons. The zero-order valence-corrected chi connectivity index (χ0v) is 11.8. The quantitative estimate of drug-likeness (QED) is 0.526. The molecule has 1 aliphatic heterocycles. The van der Waals surface area contributed by atoms with Gasteiger partial charge in [0.1, 0.15) is 0 Å². The molecule has 0 aliphatic carbocycles. The zero-order chi connectivity index (χ0) is 15.8. The molecule has 9 heteroatoms. The summed E-state index contributed by atoms with van der Waals surface area (Å²) in [5.41, 5.74) is 0. The van der Waals surface area contributed by atoms with Crippen molar-refractivity contribution in [2.75, 3.05) is 33.4 Å². The average Bonchev–Trinajstić information content (AvgIpc) is 2.46. The van der Waals surface area contributed by atoms with Crippen LogP contribution in [0.1, 0.15) is 12.8 Å². The van der Waals surface area contributed by atoms with E-state index in [2.05, 4.69) is 10.1 Å². The Morgan fingerprint density at radius 1 is 1.48 bits per heavy atom. The Kier molecular flexibility index (Phi) is 6.89. The lowest BCUT2D eigenvalue weighted by molar-refractivity contribution is -0.147. The number of carboxylic acids is 1. The Morgan fingerprint density at radius 2 is 2.19 bits per heavy atom. The molecular formula is C12H20N2O7. The third-order valence-corrected chi connectivity index (χ3v) is 3.03. The van der Waals surface area contributed by atoms with Crippen LogP contribution < -0.4 is 5.32 Å². The van der Waals surface area contributed by atoms with Crippen molar-refractivity contribution in [3.8, 4) is 0 Å². The standard InChI is InChI=1S/C12H20N2O7/c1-20-10(16)6-8-7-14(4-5-21-8)12(19)13-3-2-9(15)11(17)18/h8-9,15H,2-7H2,1H3,(H,13,19)(H,17,18)/t8?,9-/m0/s1. The first-order chi connectivity index (χ1) is 9.93. The summed E-state index contributed by atoms with van der Waals surface area (Å²) in [5.74, 6) is -1.74. The van der Waals surface area contributed by atoms with Gasteiger partial charge in [-0.25, -0.2) is 9.59 Å². The van der Waals surface area contributed by atoms with Crippen molar-refractivity contribution in [2.24, 2.45) is 0 Å². The van der Waals surface area contributed by atoms with Crippen molar-refractivity contribution in [3.05, 3.63) is 0 Å². The number of urea groups is 1. The Balaban J connectivity index is 2.33. The maximum atomic E-state index is 11.9. The Morgan fingerprint density at radius 3 is 2.81 bits per heavy atom. The Labute approximate surface area is 121 Å². The topological polar surface area (TPSA) is 125 Å². The molecule has 1 aliphatic rings. The van der Waals surface area contributed by atoms with E-state index in [9.17, 15) is 14.4 Å². The lowest BCUT2D eigenvalue weighted by atomic mass is 10.2. The van der Waals surface area contributed by atoms with E-state index in [1.165, 1.54) is 12.0 Å². The summed E-state index contributed by atoms with van der Waals surface area (Å²) in [6.07, 6.45) is -1.92. The maximum Gasteiger partial charge on any atom is 0.332 e. The van der Waals surface area contributed by atoms with E-state index < -0.39 is 24.1 Å². The van der Waals surface area contributed by atoms with Crippen molar-refractivity contribution in [3.63, 3.8) is 0 Å². The number of methoxy groups -OCH3 is 1. The van der Waals surface area contributed by atoms with Gasteiger partial charge in [0, 0.05) is 26.1 Å². The van der Waals surface area contributed by atoms with Crippen LogP contribution in [0.25, 0.3) is 0 Å². The summed E-state index contributed by atoms with van der Waals surface area (Å²) in [6, 6.07) is -0.384. The number of amides is 2. The van der Waals surface area contributed by atoms with Crippen LogP contribution in [0.5, 0.6) is 0 Å². The molecule has 0 aromatic rings. The van der Waals surface area contributed by atoms with Gasteiger partial charge in [-0.1, -0.05) is 0 Å². The van der Waals surface area contributed by atoms with E-state index in [4.69, 9.17) is 14.9 Å². The molecule has 1 rings (SSSR count). The van der Waals surface area contributed by atoms with Crippen LogP contribution in [0.15, 0.2) is 0 Å². The van der Waals surface area contributed by atoms with Gasteiger partial charge in [0.15, 0.2) is 6.10 Å². The number of nitrogens with zero attached hydrogens (tertiary/aromatic N) is 1. The van der Waals surface area contributed by atoms with E-state index >= 15 is 0 Å². The molecule has 0 radical (unpaired) electrons. The number of hydrogen-bond donors (Lipinski definition) is 3. The lowest BCUT2D eigenvalue weighted by Crippen LogP contribution is -2.50. The highest BCUT2D eigenvalue weighted by molar-refractivity contribution is 5.75. The Hall–Kier alpha value is -1.87. The Bertz CT molecular complexity index is 388. The number of aliphatic hydroxyl groups excluding tert-OH is 1. The fourth-order valence-electron chi connectivity index (χ4n) is 1.85. The number of rotatable bonds is 6. The molecule has 21 heavy (non-hydrogen) atoms. The van der Waals surface area contributed by atoms with Crippen molar-refractivity contribution < 1.29 is 34.1 Å². The van der Waals surface area contributed by atoms with Gasteiger partial charge in [0.25, 0.3) is 0 Å². The van der Waals surface area contributed by atoms with Crippen molar-refractivity contribution >= 4 is 18.0 Å². The van der Waals surface area contributed by atoms with E-state index in [1.807, 2.05) is 0 Å². The number of esters is 1. The van der Waals surface area contributed by atoms with Gasteiger partial charge in [-0.2, -0.15) is 0 Å². The summed E-state index contributed by atoms with van der Waals surface area (Å²) in [4.78, 5) is 34.9. The minimum Gasteiger partial charge on any atom is -0.479 e. The van der Waals surface area contributed by atoms with E-state index in [0.29, 0.717) is 13.2 Å². The number of nitrogens with one attached hydrogen (secondary N) is 1. The van der Waals surface area contributed by atoms with Gasteiger partial charge in [-0.15, -0.1) is 0 Å². The molecule has 2 amide bonds. The number of morpholine rings is 1. The van der Waals surface area contributed by atoms with Crippen LogP contribution in [-0.2, 0) is 19.1 Å². The molecule has 0 saturated carbocycles. The van der Waals surface area contributed by atoms with Gasteiger partial charge in [0.2, 0.25) is 0 Å². The highest BCUT2D eigenvalue weighted by Crippen LogP contribution is 2.09. The smallest absolute Gasteiger partial charge is 0.332 e. The van der Waals surface area contributed by atoms with Crippen LogP contribution in [0.3, 0.4) is 0 Å². The second-order valence-electron chi connectivity index (χ2n) is 4.59. The number of aliphatic carboxylic acids is 1. The molecule has 1 heterocycles. The first kappa shape index (κ1) is 17.2. The van der Waals surface area contributed by atoms with Gasteiger partial charge in [0.05, 0.1) is 26.2 Å². The van der Waals surface area contributed by atoms with Gasteiger partial charge in [-0.05, 0) is 0 Å². The molecule has 3 N–H and O–H groups in total. The molecule has 0 aromatic carbocycles. The number of carboxylic acid groups (broad SMARTS) is 1. The number of hydrogen-bond acceptors (Lipinski definition) is 6. The van der Waals surface area contributed by atoms with Crippen molar-refractivity contribution in [2.45, 2.75) is 25.0 Å². The van der Waals surface area contributed by atoms with Gasteiger partial charge < -0.3 is 29.9 Å². The fraction of sp³-hybridized carbons (Fsp3) is 0.750. The molecule has 9 nitrogen and oxygen atoms in total. The number of aliphatic hydroxyl groups is 1. The van der Waals surface area contributed by atoms with E-state index in [0.717, 1.165) is 0 Å². The first-order valence-electron chi connectivity index (χ1n) is 6.56. The highest BCUT2D eigenvalue weighted by Gasteiger charge is 2.26. The molecule has 1 saturated heterocycles. The zero-order valence-electron chi connectivity index (χ0n) is 11.8. The number of carbonyl (C=O) groups excluding carboxylic acids is 2. The second-order valence-corrected chi connectivity index (χ2v) is 4.59. The third-order valence-electron chi connectivity index (χ3n) is 3.03.